The van der Waals surface area contributed by atoms with E-state index in [1.165, 1.54) is 0 Å². The highest BCUT2D eigenvalue weighted by Gasteiger charge is 2.26. The van der Waals surface area contributed by atoms with Crippen LogP contribution in [0.1, 0.15) is 19.2 Å². The van der Waals surface area contributed by atoms with Crippen molar-refractivity contribution in [3.05, 3.63) is 22.4 Å². The molecule has 4 nitrogen and oxygen atoms in total. The molecule has 0 spiro atoms. The van der Waals surface area contributed by atoms with Gasteiger partial charge < -0.3 is 5.11 Å². The quantitative estimate of drug-likeness (QED) is 0.885. The average molecular weight is 298 g/mol. The zero-order valence-electron chi connectivity index (χ0n) is 10.7. The molecule has 1 saturated heterocycles. The zero-order valence-corrected chi connectivity index (χ0v) is 12.3. The van der Waals surface area contributed by atoms with Crippen molar-refractivity contribution in [3.63, 3.8) is 0 Å². The molecule has 19 heavy (non-hydrogen) atoms. The highest BCUT2D eigenvalue weighted by Crippen LogP contribution is 2.26. The first-order chi connectivity index (χ1) is 9.13. The number of nitrogens with zero attached hydrogens (tertiary/aromatic N) is 3. The maximum atomic E-state index is 9.62. The molecule has 2 atom stereocenters. The second-order valence-corrected chi connectivity index (χ2v) is 6.35. The van der Waals surface area contributed by atoms with Gasteiger partial charge in [0.2, 0.25) is 0 Å². The molecule has 1 aliphatic heterocycles. The molecule has 3 rings (SSSR count). The fraction of sp³-hybridized carbons (Fsp3) is 0.538. The van der Waals surface area contributed by atoms with Gasteiger partial charge in [-0.1, -0.05) is 11.6 Å². The van der Waals surface area contributed by atoms with Gasteiger partial charge in [-0.2, -0.15) is 0 Å². The van der Waals surface area contributed by atoms with Gasteiger partial charge in [-0.15, -0.1) is 11.3 Å². The lowest BCUT2D eigenvalue weighted by atomic mass is 10.0. The van der Waals surface area contributed by atoms with E-state index < -0.39 is 0 Å². The van der Waals surface area contributed by atoms with Crippen molar-refractivity contribution in [1.29, 1.82) is 0 Å². The molecule has 6 heteroatoms. The molecule has 0 bridgehead atoms. The van der Waals surface area contributed by atoms with E-state index in [9.17, 15) is 5.11 Å². The van der Waals surface area contributed by atoms with E-state index in [1.807, 2.05) is 18.4 Å². The van der Waals surface area contributed by atoms with E-state index in [1.54, 1.807) is 11.3 Å². The number of fused-ring (bicyclic) bond motifs is 1. The van der Waals surface area contributed by atoms with E-state index in [4.69, 9.17) is 11.6 Å². The molecule has 0 amide bonds. The monoisotopic (exact) mass is 297 g/mol. The Morgan fingerprint density at radius 1 is 1.58 bits per heavy atom. The number of likely N-dealkylation sites (tertiary alicyclic amines) is 1. The molecule has 2 unspecified atom stereocenters. The van der Waals surface area contributed by atoms with Crippen LogP contribution in [0.5, 0.6) is 0 Å². The Kier molecular flexibility index (Phi) is 3.71. The molecule has 0 saturated carbocycles. The topological polar surface area (TPSA) is 49.2 Å². The number of halogens is 1. The fourth-order valence-corrected chi connectivity index (χ4v) is 3.62. The van der Waals surface area contributed by atoms with Crippen molar-refractivity contribution in [1.82, 2.24) is 14.9 Å². The molecule has 0 radical (unpaired) electrons. The third-order valence-corrected chi connectivity index (χ3v) is 4.78. The van der Waals surface area contributed by atoms with Crippen LogP contribution in [0.25, 0.3) is 10.2 Å². The van der Waals surface area contributed by atoms with Crippen LogP contribution < -0.4 is 0 Å². The van der Waals surface area contributed by atoms with Gasteiger partial charge >= 0.3 is 0 Å². The predicted molar refractivity (Wildman–Crippen MR) is 77.5 cm³/mol. The summed E-state index contributed by atoms with van der Waals surface area (Å²) in [7, 11) is 0. The van der Waals surface area contributed by atoms with Crippen molar-refractivity contribution in [3.8, 4) is 0 Å². The van der Waals surface area contributed by atoms with Gasteiger partial charge in [0.05, 0.1) is 12.6 Å². The minimum Gasteiger partial charge on any atom is -0.393 e. The van der Waals surface area contributed by atoms with E-state index >= 15 is 0 Å². The van der Waals surface area contributed by atoms with Gasteiger partial charge in [0.15, 0.2) is 0 Å². The van der Waals surface area contributed by atoms with Crippen LogP contribution in [0.3, 0.4) is 0 Å². The first-order valence-electron chi connectivity index (χ1n) is 6.43. The number of hydrogen-bond donors (Lipinski definition) is 1. The van der Waals surface area contributed by atoms with E-state index in [-0.39, 0.29) is 6.10 Å². The average Bonchev–Trinajstić information content (AvgIpc) is 2.97. The first-order valence-corrected chi connectivity index (χ1v) is 7.69. The standard InChI is InChI=1S/C13H16ClN3OS/c1-8(18)9-2-4-17(6-9)7-11-15-12(14)10-3-5-19-13(10)16-11/h3,5,8-9,18H,2,4,6-7H2,1H3. The molecular formula is C13H16ClN3OS. The Labute approximate surface area is 121 Å². The summed E-state index contributed by atoms with van der Waals surface area (Å²) >= 11 is 7.75. The molecule has 1 fully saturated rings. The first kappa shape index (κ1) is 13.2. The van der Waals surface area contributed by atoms with Crippen LogP contribution in [0.2, 0.25) is 5.15 Å². The van der Waals surface area contributed by atoms with E-state index in [0.29, 0.717) is 17.6 Å². The number of rotatable bonds is 3. The second-order valence-electron chi connectivity index (χ2n) is 5.09. The van der Waals surface area contributed by atoms with Crippen LogP contribution >= 0.6 is 22.9 Å². The van der Waals surface area contributed by atoms with Gasteiger partial charge in [-0.25, -0.2) is 9.97 Å². The summed E-state index contributed by atoms with van der Waals surface area (Å²) in [6.07, 6.45) is 0.793. The molecule has 0 aliphatic carbocycles. The summed E-state index contributed by atoms with van der Waals surface area (Å²) in [6.45, 7) is 4.45. The number of aromatic nitrogens is 2. The Morgan fingerprint density at radius 2 is 2.42 bits per heavy atom. The number of aliphatic hydroxyl groups is 1. The molecule has 1 N–H and O–H groups in total. The molecule has 1 aliphatic rings. The molecule has 3 heterocycles. The van der Waals surface area contributed by atoms with Gasteiger partial charge in [0, 0.05) is 11.9 Å². The van der Waals surface area contributed by atoms with Crippen molar-refractivity contribution in [2.24, 2.45) is 5.92 Å². The third kappa shape index (κ3) is 2.74. The summed E-state index contributed by atoms with van der Waals surface area (Å²) in [4.78, 5) is 12.1. The lowest BCUT2D eigenvalue weighted by molar-refractivity contribution is 0.127. The van der Waals surface area contributed by atoms with Gasteiger partial charge in [0.1, 0.15) is 15.8 Å². The highest BCUT2D eigenvalue weighted by atomic mass is 35.5. The number of thiophene rings is 1. The second kappa shape index (κ2) is 5.32. The van der Waals surface area contributed by atoms with E-state index in [2.05, 4.69) is 14.9 Å². The molecule has 2 aromatic heterocycles. The predicted octanol–water partition coefficient (Wildman–Crippen LogP) is 2.55. The fourth-order valence-electron chi connectivity index (χ4n) is 2.53. The van der Waals surface area contributed by atoms with Gasteiger partial charge in [0.25, 0.3) is 0 Å². The molecular weight excluding hydrogens is 282 g/mol. The highest BCUT2D eigenvalue weighted by molar-refractivity contribution is 7.16. The molecule has 102 valence electrons. The summed E-state index contributed by atoms with van der Waals surface area (Å²) in [5, 5.41) is 13.1. The maximum Gasteiger partial charge on any atom is 0.145 e. The van der Waals surface area contributed by atoms with Crippen LogP contribution in [0.4, 0.5) is 0 Å². The Hall–Kier alpha value is -0.750. The van der Waals surface area contributed by atoms with Crippen LogP contribution in [0, 0.1) is 5.92 Å². The Morgan fingerprint density at radius 3 is 3.16 bits per heavy atom. The van der Waals surface area contributed by atoms with Crippen LogP contribution in [0.15, 0.2) is 11.4 Å². The third-order valence-electron chi connectivity index (χ3n) is 3.68. The number of aliphatic hydroxyl groups excluding tert-OH is 1. The van der Waals surface area contributed by atoms with Gasteiger partial charge in [-0.3, -0.25) is 4.90 Å². The van der Waals surface area contributed by atoms with Crippen LogP contribution in [-0.2, 0) is 6.54 Å². The normalized spacial score (nSPS) is 22.2. The van der Waals surface area contributed by atoms with Crippen molar-refractivity contribution >= 4 is 33.2 Å². The SMILES string of the molecule is CC(O)C1CCN(Cc2nc(Cl)c3ccsc3n2)C1. The van der Waals surface area contributed by atoms with Crippen molar-refractivity contribution < 1.29 is 5.11 Å². The minimum absolute atomic E-state index is 0.241. The lowest BCUT2D eigenvalue weighted by Gasteiger charge is -2.16. The van der Waals surface area contributed by atoms with Crippen molar-refractivity contribution in [2.45, 2.75) is 26.0 Å². The largest absolute Gasteiger partial charge is 0.393 e. The molecule has 2 aromatic rings. The van der Waals surface area contributed by atoms with Gasteiger partial charge in [-0.05, 0) is 37.3 Å². The van der Waals surface area contributed by atoms with Crippen molar-refractivity contribution in [2.75, 3.05) is 13.1 Å². The van der Waals surface area contributed by atoms with Crippen LogP contribution in [-0.4, -0.2) is 39.2 Å². The summed E-state index contributed by atoms with van der Waals surface area (Å²) < 4.78 is 0. The summed E-state index contributed by atoms with van der Waals surface area (Å²) in [5.74, 6) is 1.13. The summed E-state index contributed by atoms with van der Waals surface area (Å²) in [6, 6.07) is 1.95. The van der Waals surface area contributed by atoms with E-state index in [0.717, 1.165) is 35.6 Å². The number of hydrogen-bond acceptors (Lipinski definition) is 5. The smallest absolute Gasteiger partial charge is 0.145 e. The lowest BCUT2D eigenvalue weighted by Crippen LogP contribution is -2.24. The minimum atomic E-state index is -0.241. The Bertz CT molecular complexity index is 586. The summed E-state index contributed by atoms with van der Waals surface area (Å²) in [5.41, 5.74) is 0. The molecule has 0 aromatic carbocycles. The zero-order chi connectivity index (χ0) is 13.4. The Balaban J connectivity index is 1.75. The maximum absolute atomic E-state index is 9.62.